The average Bonchev–Trinajstić information content (AvgIpc) is 2.94. The second kappa shape index (κ2) is 4.42. The summed E-state index contributed by atoms with van der Waals surface area (Å²) in [6.45, 7) is 1.91. The molecule has 3 rings (SSSR count). The lowest BCUT2D eigenvalue weighted by molar-refractivity contribution is 0.492. The molecule has 0 saturated heterocycles. The number of aryl methyl sites for hydroxylation is 2. The molecule has 0 aliphatic rings. The molecule has 0 bridgehead atoms. The van der Waals surface area contributed by atoms with Crippen LogP contribution in [0, 0.1) is 6.92 Å². The van der Waals surface area contributed by atoms with Gasteiger partial charge in [0.1, 0.15) is 11.5 Å². The Labute approximate surface area is 117 Å². The van der Waals surface area contributed by atoms with E-state index in [1.54, 1.807) is 7.05 Å². The van der Waals surface area contributed by atoms with E-state index in [1.165, 1.54) is 4.57 Å². The zero-order valence-electron chi connectivity index (χ0n) is 10.5. The number of halogens is 1. The summed E-state index contributed by atoms with van der Waals surface area (Å²) in [6, 6.07) is 9.53. The highest BCUT2D eigenvalue weighted by Gasteiger charge is 2.16. The van der Waals surface area contributed by atoms with Gasteiger partial charge in [0, 0.05) is 7.05 Å². The maximum absolute atomic E-state index is 11.5. The van der Waals surface area contributed by atoms with Crippen molar-refractivity contribution in [3.63, 3.8) is 0 Å². The monoisotopic (exact) mass is 321 g/mol. The van der Waals surface area contributed by atoms with Gasteiger partial charge < -0.3 is 8.83 Å². The van der Waals surface area contributed by atoms with Crippen molar-refractivity contribution in [2.24, 2.45) is 7.05 Å². The zero-order valence-corrected chi connectivity index (χ0v) is 12.1. The van der Waals surface area contributed by atoms with Crippen LogP contribution in [0.5, 0.6) is 0 Å². The second-order valence-corrected chi connectivity index (χ2v) is 5.38. The summed E-state index contributed by atoms with van der Waals surface area (Å²) in [5.41, 5.74) is 2.35. The number of fused-ring (bicyclic) bond motifs is 1. The van der Waals surface area contributed by atoms with Gasteiger partial charge in [-0.1, -0.05) is 22.0 Å². The predicted octanol–water partition coefficient (Wildman–Crippen LogP) is 3.52. The van der Waals surface area contributed by atoms with Gasteiger partial charge >= 0.3 is 5.76 Å². The molecule has 19 heavy (non-hydrogen) atoms. The summed E-state index contributed by atoms with van der Waals surface area (Å²) in [5, 5.41) is 0. The standard InChI is InChI=1S/C14H12BrNO3/c1-8-3-6-11(18-8)13(15)9-4-5-10-12(7-9)19-14(17)16(10)2/h3-7,13H,1-2H3. The van der Waals surface area contributed by atoms with Crippen LogP contribution in [0.15, 0.2) is 44.0 Å². The number of nitrogens with zero attached hydrogens (tertiary/aromatic N) is 1. The first-order chi connectivity index (χ1) is 9.06. The van der Waals surface area contributed by atoms with Crippen molar-refractivity contribution in [2.45, 2.75) is 11.8 Å². The summed E-state index contributed by atoms with van der Waals surface area (Å²) in [6.07, 6.45) is 0. The number of aromatic nitrogens is 1. The van der Waals surface area contributed by atoms with Crippen LogP contribution in [-0.2, 0) is 7.05 Å². The molecule has 1 atom stereocenters. The number of hydrogen-bond acceptors (Lipinski definition) is 3. The van der Waals surface area contributed by atoms with E-state index in [-0.39, 0.29) is 10.6 Å². The second-order valence-electron chi connectivity index (χ2n) is 4.47. The molecule has 4 nitrogen and oxygen atoms in total. The lowest BCUT2D eigenvalue weighted by atomic mass is 10.1. The van der Waals surface area contributed by atoms with E-state index in [4.69, 9.17) is 8.83 Å². The van der Waals surface area contributed by atoms with Gasteiger partial charge in [-0.3, -0.25) is 4.57 Å². The maximum atomic E-state index is 11.5. The summed E-state index contributed by atoms with van der Waals surface area (Å²) < 4.78 is 12.3. The number of rotatable bonds is 2. The summed E-state index contributed by atoms with van der Waals surface area (Å²) in [5.74, 6) is 1.34. The SMILES string of the molecule is Cc1ccc(C(Br)c2ccc3c(c2)oc(=O)n3C)o1. The van der Waals surface area contributed by atoms with E-state index < -0.39 is 0 Å². The first kappa shape index (κ1) is 12.3. The highest BCUT2D eigenvalue weighted by Crippen LogP contribution is 2.33. The molecule has 3 aromatic rings. The number of benzene rings is 1. The Morgan fingerprint density at radius 1 is 1.21 bits per heavy atom. The van der Waals surface area contributed by atoms with E-state index in [1.807, 2.05) is 37.3 Å². The van der Waals surface area contributed by atoms with Gasteiger partial charge in [0.2, 0.25) is 0 Å². The maximum Gasteiger partial charge on any atom is 0.419 e. The molecule has 0 spiro atoms. The molecule has 1 unspecified atom stereocenters. The fourth-order valence-corrected chi connectivity index (χ4v) is 2.59. The highest BCUT2D eigenvalue weighted by atomic mass is 79.9. The van der Waals surface area contributed by atoms with Crippen molar-refractivity contribution in [2.75, 3.05) is 0 Å². The van der Waals surface area contributed by atoms with Crippen LogP contribution in [0.3, 0.4) is 0 Å². The molecule has 0 fully saturated rings. The molecule has 1 aromatic carbocycles. The fourth-order valence-electron chi connectivity index (χ4n) is 2.06. The van der Waals surface area contributed by atoms with Crippen molar-refractivity contribution in [1.82, 2.24) is 4.57 Å². The van der Waals surface area contributed by atoms with Gasteiger partial charge in [-0.15, -0.1) is 0 Å². The lowest BCUT2D eigenvalue weighted by Gasteiger charge is -2.07. The van der Waals surface area contributed by atoms with Crippen LogP contribution in [0.2, 0.25) is 0 Å². The van der Waals surface area contributed by atoms with Crippen LogP contribution < -0.4 is 5.76 Å². The molecule has 0 aliphatic heterocycles. The van der Waals surface area contributed by atoms with Gasteiger partial charge in [0.25, 0.3) is 0 Å². The molecule has 0 amide bonds. The third-order valence-electron chi connectivity index (χ3n) is 3.12. The van der Waals surface area contributed by atoms with Crippen LogP contribution >= 0.6 is 15.9 Å². The number of oxazole rings is 1. The van der Waals surface area contributed by atoms with Crippen molar-refractivity contribution in [3.8, 4) is 0 Å². The molecule has 0 saturated carbocycles. The quantitative estimate of drug-likeness (QED) is 0.678. The number of hydrogen-bond donors (Lipinski definition) is 0. The highest BCUT2D eigenvalue weighted by molar-refractivity contribution is 9.09. The number of furan rings is 1. The Hall–Kier alpha value is -1.75. The van der Waals surface area contributed by atoms with Crippen molar-refractivity contribution >= 4 is 27.0 Å². The molecular weight excluding hydrogens is 310 g/mol. The van der Waals surface area contributed by atoms with Gasteiger partial charge in [-0.25, -0.2) is 4.79 Å². The molecule has 5 heteroatoms. The topological polar surface area (TPSA) is 48.3 Å². The van der Waals surface area contributed by atoms with E-state index in [2.05, 4.69) is 15.9 Å². The zero-order chi connectivity index (χ0) is 13.6. The van der Waals surface area contributed by atoms with Crippen molar-refractivity contribution in [3.05, 3.63) is 58.0 Å². The number of alkyl halides is 1. The lowest BCUT2D eigenvalue weighted by Crippen LogP contribution is -2.08. The minimum absolute atomic E-state index is 0.0592. The van der Waals surface area contributed by atoms with Gasteiger partial charge in [0.15, 0.2) is 5.58 Å². The Morgan fingerprint density at radius 2 is 2.00 bits per heavy atom. The van der Waals surface area contributed by atoms with Crippen LogP contribution in [0.25, 0.3) is 11.1 Å². The molecule has 98 valence electrons. The Balaban J connectivity index is 2.08. The van der Waals surface area contributed by atoms with Gasteiger partial charge in [-0.2, -0.15) is 0 Å². The van der Waals surface area contributed by atoms with Crippen molar-refractivity contribution < 1.29 is 8.83 Å². The minimum atomic E-state index is -0.355. The summed E-state index contributed by atoms with van der Waals surface area (Å²) in [4.78, 5) is 11.4. The van der Waals surface area contributed by atoms with Gasteiger partial charge in [0.05, 0.1) is 10.3 Å². The van der Waals surface area contributed by atoms with Gasteiger partial charge in [-0.05, 0) is 36.8 Å². The predicted molar refractivity (Wildman–Crippen MR) is 75.7 cm³/mol. The van der Waals surface area contributed by atoms with E-state index >= 15 is 0 Å². The van der Waals surface area contributed by atoms with E-state index in [0.29, 0.717) is 5.58 Å². The molecular formula is C14H12BrNO3. The largest absolute Gasteiger partial charge is 0.465 e. The Bertz CT molecular complexity index is 796. The first-order valence-electron chi connectivity index (χ1n) is 5.86. The third kappa shape index (κ3) is 2.04. The van der Waals surface area contributed by atoms with E-state index in [0.717, 1.165) is 22.6 Å². The Kier molecular flexibility index (Phi) is 2.86. The molecule has 0 radical (unpaired) electrons. The average molecular weight is 322 g/mol. The van der Waals surface area contributed by atoms with E-state index in [9.17, 15) is 4.79 Å². The molecule has 2 heterocycles. The minimum Gasteiger partial charge on any atom is -0.465 e. The van der Waals surface area contributed by atoms with Crippen LogP contribution in [-0.4, -0.2) is 4.57 Å². The molecule has 2 aromatic heterocycles. The fraction of sp³-hybridized carbons (Fsp3) is 0.214. The van der Waals surface area contributed by atoms with Crippen LogP contribution in [0.1, 0.15) is 21.9 Å². The Morgan fingerprint density at radius 3 is 2.68 bits per heavy atom. The third-order valence-corrected chi connectivity index (χ3v) is 4.10. The smallest absolute Gasteiger partial charge is 0.419 e. The normalized spacial score (nSPS) is 13.0. The molecule has 0 aliphatic carbocycles. The summed E-state index contributed by atoms with van der Waals surface area (Å²) >= 11 is 3.60. The van der Waals surface area contributed by atoms with Crippen molar-refractivity contribution in [1.29, 1.82) is 0 Å². The van der Waals surface area contributed by atoms with Crippen LogP contribution in [0.4, 0.5) is 0 Å². The summed E-state index contributed by atoms with van der Waals surface area (Å²) in [7, 11) is 1.69. The first-order valence-corrected chi connectivity index (χ1v) is 6.78. The molecule has 0 N–H and O–H groups in total.